The second kappa shape index (κ2) is 10.4. The van der Waals surface area contributed by atoms with E-state index in [0.717, 1.165) is 26.5 Å². The maximum absolute atomic E-state index is 13.4. The van der Waals surface area contributed by atoms with E-state index in [0.29, 0.717) is 5.69 Å². The molecule has 7 nitrogen and oxygen atoms in total. The molecule has 4 rings (SSSR count). The zero-order valence-corrected chi connectivity index (χ0v) is 19.1. The fourth-order valence-electron chi connectivity index (χ4n) is 4.07. The number of urea groups is 1. The summed E-state index contributed by atoms with van der Waals surface area (Å²) in [4.78, 5) is 42.4. The highest BCUT2D eigenvalue weighted by Crippen LogP contribution is 2.28. The molecule has 1 fully saturated rings. The molecule has 4 amide bonds. The maximum Gasteiger partial charge on any atom is 0.338 e. The SMILES string of the molecule is COC(OC)c1ccc(CC2C(=O)N(Cc3ccccc3)C(=O)N(c3ccccc3)C2=O)cc1. The fraction of sp³-hybridized carbons (Fsp3) is 0.222. The lowest BCUT2D eigenvalue weighted by molar-refractivity contribution is -0.141. The molecule has 1 unspecified atom stereocenters. The summed E-state index contributed by atoms with van der Waals surface area (Å²) in [6, 6.07) is 24.7. The molecule has 7 heteroatoms. The molecule has 1 atom stereocenters. The molecule has 1 aliphatic rings. The summed E-state index contributed by atoms with van der Waals surface area (Å²) in [6.07, 6.45) is -0.329. The number of amides is 4. The number of rotatable bonds is 8. The Morgan fingerprint density at radius 3 is 1.91 bits per heavy atom. The van der Waals surface area contributed by atoms with Gasteiger partial charge in [0.15, 0.2) is 6.29 Å². The summed E-state index contributed by atoms with van der Waals surface area (Å²) >= 11 is 0. The number of hydrogen-bond acceptors (Lipinski definition) is 5. The van der Waals surface area contributed by atoms with Crippen LogP contribution in [0.3, 0.4) is 0 Å². The van der Waals surface area contributed by atoms with E-state index in [1.54, 1.807) is 38.5 Å². The zero-order valence-electron chi connectivity index (χ0n) is 19.1. The summed E-state index contributed by atoms with van der Waals surface area (Å²) in [5, 5.41) is 0. The first-order valence-corrected chi connectivity index (χ1v) is 11.0. The highest BCUT2D eigenvalue weighted by molar-refractivity contribution is 6.27. The Labute approximate surface area is 198 Å². The largest absolute Gasteiger partial charge is 0.352 e. The van der Waals surface area contributed by atoms with E-state index in [1.165, 1.54) is 0 Å². The van der Waals surface area contributed by atoms with Gasteiger partial charge in [-0.25, -0.2) is 9.69 Å². The van der Waals surface area contributed by atoms with Crippen molar-refractivity contribution in [3.05, 3.63) is 102 Å². The maximum atomic E-state index is 13.4. The lowest BCUT2D eigenvalue weighted by atomic mass is 9.93. The lowest BCUT2D eigenvalue weighted by Crippen LogP contribution is -2.60. The van der Waals surface area contributed by atoms with Crippen molar-refractivity contribution in [1.82, 2.24) is 4.90 Å². The monoisotopic (exact) mass is 458 g/mol. The van der Waals surface area contributed by atoms with Crippen molar-refractivity contribution < 1.29 is 23.9 Å². The second-order valence-corrected chi connectivity index (χ2v) is 8.00. The highest BCUT2D eigenvalue weighted by atomic mass is 16.7. The van der Waals surface area contributed by atoms with Crippen molar-refractivity contribution in [3.8, 4) is 0 Å². The summed E-state index contributed by atoms with van der Waals surface area (Å²) in [6.45, 7) is 0.0912. The number of anilines is 1. The minimum atomic E-state index is -1.02. The molecular weight excluding hydrogens is 432 g/mol. The van der Waals surface area contributed by atoms with Gasteiger partial charge in [-0.1, -0.05) is 72.8 Å². The lowest BCUT2D eigenvalue weighted by Gasteiger charge is -2.37. The van der Waals surface area contributed by atoms with Crippen molar-refractivity contribution in [2.45, 2.75) is 19.3 Å². The molecule has 34 heavy (non-hydrogen) atoms. The number of hydrogen-bond donors (Lipinski definition) is 0. The van der Waals surface area contributed by atoms with Crippen molar-refractivity contribution in [2.24, 2.45) is 5.92 Å². The number of nitrogens with zero attached hydrogens (tertiary/aromatic N) is 2. The summed E-state index contributed by atoms with van der Waals surface area (Å²) in [5.74, 6) is -2.05. The quantitative estimate of drug-likeness (QED) is 0.371. The molecule has 0 spiro atoms. The van der Waals surface area contributed by atoms with Gasteiger partial charge in [0.1, 0.15) is 5.92 Å². The van der Waals surface area contributed by atoms with Crippen LogP contribution in [0.25, 0.3) is 0 Å². The Kier molecular flexibility index (Phi) is 7.15. The molecule has 0 aliphatic carbocycles. The summed E-state index contributed by atoms with van der Waals surface area (Å²) in [7, 11) is 3.11. The van der Waals surface area contributed by atoms with Crippen LogP contribution in [0.1, 0.15) is 23.0 Å². The minimum absolute atomic E-state index is 0.0912. The van der Waals surface area contributed by atoms with E-state index in [2.05, 4.69) is 0 Å². The van der Waals surface area contributed by atoms with Crippen molar-refractivity contribution >= 4 is 23.5 Å². The van der Waals surface area contributed by atoms with Gasteiger partial charge >= 0.3 is 6.03 Å². The third-order valence-corrected chi connectivity index (χ3v) is 5.82. The first-order chi connectivity index (χ1) is 16.5. The highest BCUT2D eigenvalue weighted by Gasteiger charge is 2.46. The Balaban J connectivity index is 1.65. The molecule has 1 aliphatic heterocycles. The number of para-hydroxylation sites is 1. The Morgan fingerprint density at radius 1 is 0.735 bits per heavy atom. The molecule has 3 aromatic carbocycles. The topological polar surface area (TPSA) is 76.2 Å². The minimum Gasteiger partial charge on any atom is -0.352 e. The molecule has 0 saturated carbocycles. The van der Waals surface area contributed by atoms with E-state index < -0.39 is 30.1 Å². The van der Waals surface area contributed by atoms with E-state index in [1.807, 2.05) is 60.7 Å². The van der Waals surface area contributed by atoms with Gasteiger partial charge in [0.05, 0.1) is 12.2 Å². The number of carbonyl (C=O) groups excluding carboxylic acids is 3. The molecule has 0 N–H and O–H groups in total. The van der Waals surface area contributed by atoms with Gasteiger partial charge in [-0.15, -0.1) is 0 Å². The van der Waals surface area contributed by atoms with E-state index in [-0.39, 0.29) is 13.0 Å². The van der Waals surface area contributed by atoms with Gasteiger partial charge < -0.3 is 9.47 Å². The van der Waals surface area contributed by atoms with Crippen molar-refractivity contribution in [1.29, 1.82) is 0 Å². The number of benzene rings is 3. The fourth-order valence-corrected chi connectivity index (χ4v) is 4.07. The Bertz CT molecular complexity index is 1140. The van der Waals surface area contributed by atoms with Gasteiger partial charge in [-0.05, 0) is 29.7 Å². The van der Waals surface area contributed by atoms with Crippen LogP contribution in [0.5, 0.6) is 0 Å². The van der Waals surface area contributed by atoms with Crippen LogP contribution < -0.4 is 4.90 Å². The van der Waals surface area contributed by atoms with Crippen LogP contribution in [0, 0.1) is 5.92 Å². The average molecular weight is 459 g/mol. The van der Waals surface area contributed by atoms with Crippen LogP contribution in [0.15, 0.2) is 84.9 Å². The number of barbiturate groups is 1. The average Bonchev–Trinajstić information content (AvgIpc) is 2.87. The number of carbonyl (C=O) groups is 3. The van der Waals surface area contributed by atoms with E-state index in [4.69, 9.17) is 9.47 Å². The first kappa shape index (κ1) is 23.4. The Morgan fingerprint density at radius 2 is 1.32 bits per heavy atom. The standard InChI is InChI=1S/C27H26N2O5/c1-33-26(34-2)21-15-13-19(14-16-21)17-23-24(30)28(18-20-9-5-3-6-10-20)27(32)29(25(23)31)22-11-7-4-8-12-22/h3-16,23,26H,17-18H2,1-2H3. The normalized spacial score (nSPS) is 16.4. The molecule has 3 aromatic rings. The summed E-state index contributed by atoms with van der Waals surface area (Å²) in [5.41, 5.74) is 2.86. The van der Waals surface area contributed by atoms with Crippen molar-refractivity contribution in [3.63, 3.8) is 0 Å². The molecule has 1 saturated heterocycles. The molecule has 1 heterocycles. The number of methoxy groups -OCH3 is 2. The molecule has 0 aromatic heterocycles. The molecule has 174 valence electrons. The van der Waals surface area contributed by atoms with Crippen LogP contribution >= 0.6 is 0 Å². The predicted octanol–water partition coefficient (Wildman–Crippen LogP) is 4.33. The van der Waals surface area contributed by atoms with E-state index >= 15 is 0 Å². The number of ether oxygens (including phenoxy) is 2. The van der Waals surface area contributed by atoms with Gasteiger partial charge in [0.25, 0.3) is 0 Å². The molecule has 0 radical (unpaired) electrons. The smallest absolute Gasteiger partial charge is 0.338 e. The third kappa shape index (κ3) is 4.76. The van der Waals surface area contributed by atoms with Crippen LogP contribution in [-0.4, -0.2) is 37.0 Å². The van der Waals surface area contributed by atoms with E-state index in [9.17, 15) is 14.4 Å². The second-order valence-electron chi connectivity index (χ2n) is 8.00. The van der Waals surface area contributed by atoms with Crippen LogP contribution in [-0.2, 0) is 32.0 Å². The summed E-state index contributed by atoms with van der Waals surface area (Å²) < 4.78 is 10.5. The first-order valence-electron chi connectivity index (χ1n) is 11.0. The van der Waals surface area contributed by atoms with Crippen LogP contribution in [0.4, 0.5) is 10.5 Å². The molecular formula is C27H26N2O5. The predicted molar refractivity (Wildman–Crippen MR) is 127 cm³/mol. The number of imide groups is 2. The third-order valence-electron chi connectivity index (χ3n) is 5.82. The van der Waals surface area contributed by atoms with Crippen LogP contribution in [0.2, 0.25) is 0 Å². The molecule has 0 bridgehead atoms. The van der Waals surface area contributed by atoms with Gasteiger partial charge in [-0.3, -0.25) is 14.5 Å². The van der Waals surface area contributed by atoms with Gasteiger partial charge in [-0.2, -0.15) is 0 Å². The van der Waals surface area contributed by atoms with Gasteiger partial charge in [0.2, 0.25) is 11.8 Å². The van der Waals surface area contributed by atoms with Crippen molar-refractivity contribution in [2.75, 3.05) is 19.1 Å². The van der Waals surface area contributed by atoms with Gasteiger partial charge in [0, 0.05) is 19.8 Å². The zero-order chi connectivity index (χ0) is 24.1. The Hall–Kier alpha value is -3.81.